The summed E-state index contributed by atoms with van der Waals surface area (Å²) in [5.41, 5.74) is 4.47. The minimum Gasteiger partial charge on any atom is -0.504 e. The number of piperidine rings is 2. The zero-order chi connectivity index (χ0) is 34.7. The van der Waals surface area contributed by atoms with Crippen LogP contribution < -0.4 is 9.47 Å². The van der Waals surface area contributed by atoms with E-state index in [4.69, 9.17) is 9.47 Å². The molecule has 9 nitrogen and oxygen atoms in total. The summed E-state index contributed by atoms with van der Waals surface area (Å²) in [5, 5.41) is 49.9. The van der Waals surface area contributed by atoms with Crippen molar-refractivity contribution < 1.29 is 29.9 Å². The van der Waals surface area contributed by atoms with E-state index in [2.05, 4.69) is 42.2 Å². The van der Waals surface area contributed by atoms with E-state index < -0.39 is 34.2 Å². The fraction of sp³-hybridized carbons (Fsp3) is 0.619. The summed E-state index contributed by atoms with van der Waals surface area (Å²) in [6.45, 7) is 9.28. The lowest BCUT2D eigenvalue weighted by Gasteiger charge is -2.60. The van der Waals surface area contributed by atoms with Crippen molar-refractivity contribution in [2.24, 2.45) is 18.9 Å². The van der Waals surface area contributed by atoms with Crippen LogP contribution in [0.5, 0.6) is 23.0 Å². The second-order valence-corrected chi connectivity index (χ2v) is 18.4. The summed E-state index contributed by atoms with van der Waals surface area (Å²) < 4.78 is 16.3. The number of hydrogen-bond donors (Lipinski definition) is 4. The summed E-state index contributed by atoms with van der Waals surface area (Å²) in [5.74, 6) is 2.68. The summed E-state index contributed by atoms with van der Waals surface area (Å²) in [4.78, 5) is 5.06. The third kappa shape index (κ3) is 3.25. The number of aliphatic hydroxyl groups is 2. The summed E-state index contributed by atoms with van der Waals surface area (Å²) >= 11 is 0. The van der Waals surface area contributed by atoms with Crippen LogP contribution in [-0.2, 0) is 30.7 Å². The number of benzene rings is 2. The molecule has 1 aromatic heterocycles. The molecule has 4 aliphatic heterocycles. The van der Waals surface area contributed by atoms with Gasteiger partial charge in [0.05, 0.1) is 39.5 Å². The smallest absolute Gasteiger partial charge is 0.166 e. The Morgan fingerprint density at radius 2 is 1.31 bits per heavy atom. The predicted molar refractivity (Wildman–Crippen MR) is 189 cm³/mol. The first-order valence-electron chi connectivity index (χ1n) is 19.6. The number of rotatable bonds is 4. The largest absolute Gasteiger partial charge is 0.504 e. The number of aromatic nitrogens is 1. The summed E-state index contributed by atoms with van der Waals surface area (Å²) in [7, 11) is 2.12. The molecule has 0 amide bonds. The van der Waals surface area contributed by atoms with Gasteiger partial charge in [0.1, 0.15) is 0 Å². The fourth-order valence-electron chi connectivity index (χ4n) is 13.4. The van der Waals surface area contributed by atoms with E-state index in [-0.39, 0.29) is 29.6 Å². The van der Waals surface area contributed by atoms with Crippen molar-refractivity contribution in [3.05, 3.63) is 69.0 Å². The number of phenolic OH excluding ortho intramolecular Hbond substituents is 2. The van der Waals surface area contributed by atoms with E-state index in [1.807, 2.05) is 12.1 Å². The topological polar surface area (TPSA) is 111 Å². The van der Waals surface area contributed by atoms with Crippen LogP contribution in [0.15, 0.2) is 24.3 Å². The number of fused-ring (bicyclic) bond motifs is 9. The van der Waals surface area contributed by atoms with Crippen molar-refractivity contribution in [2.75, 3.05) is 19.6 Å². The molecule has 3 aromatic rings. The Balaban J connectivity index is 1.09. The van der Waals surface area contributed by atoms with Gasteiger partial charge in [0.2, 0.25) is 0 Å². The van der Waals surface area contributed by atoms with E-state index >= 15 is 0 Å². The number of phenols is 2. The van der Waals surface area contributed by atoms with Crippen LogP contribution in [-0.4, -0.2) is 83.8 Å². The van der Waals surface area contributed by atoms with E-state index in [1.54, 1.807) is 12.1 Å². The molecule has 5 fully saturated rings. The standard InChI is InChI=1S/C42H49N3O6/c1-20-5-11-28(46)34-30(20)39-13-14-44(18-23-7-8-23)22(3)41(39,48)15-25-26-16-42(49)36-27(45(36)19-24-9-10-24)17-40(42)31-21(2)6-12-29(47)35(31)51-38(40)33(26)43(4)32(25)37(39)50-34/h5-6,11-12,22-24,27,36-38,46-49H,7-10,13-19H2,1-4H3/t22-,27-,36?,37+,38+,39+,40+,41-,42-,45?/m1/s1. The Kier molecular flexibility index (Phi) is 5.39. The normalized spacial score (nSPS) is 41.9. The van der Waals surface area contributed by atoms with Crippen LogP contribution in [0.2, 0.25) is 0 Å². The highest BCUT2D eigenvalue weighted by molar-refractivity contribution is 5.68. The van der Waals surface area contributed by atoms with Gasteiger partial charge in [-0.1, -0.05) is 12.1 Å². The Morgan fingerprint density at radius 3 is 1.92 bits per heavy atom. The van der Waals surface area contributed by atoms with Gasteiger partial charge in [-0.2, -0.15) is 0 Å². The van der Waals surface area contributed by atoms with Crippen molar-refractivity contribution in [1.82, 2.24) is 14.4 Å². The Hall–Kier alpha value is -3.24. The van der Waals surface area contributed by atoms with Crippen LogP contribution >= 0.6 is 0 Å². The molecule has 2 spiro atoms. The van der Waals surface area contributed by atoms with Gasteiger partial charge in [0.15, 0.2) is 35.2 Å². The fourth-order valence-corrected chi connectivity index (χ4v) is 13.4. The number of aromatic hydroxyl groups is 2. The first-order valence-corrected chi connectivity index (χ1v) is 19.6. The molecule has 268 valence electrons. The quantitative estimate of drug-likeness (QED) is 0.291. The second-order valence-electron chi connectivity index (χ2n) is 18.4. The third-order valence-electron chi connectivity index (χ3n) is 16.1. The Labute approximate surface area is 298 Å². The maximum atomic E-state index is 13.7. The van der Waals surface area contributed by atoms with Gasteiger partial charge < -0.3 is 34.5 Å². The lowest BCUT2D eigenvalue weighted by Crippen LogP contribution is -2.71. The molecule has 0 radical (unpaired) electrons. The number of nitrogens with zero attached hydrogens (tertiary/aromatic N) is 3. The molecule has 12 rings (SSSR count). The predicted octanol–water partition coefficient (Wildman–Crippen LogP) is 4.74. The number of ether oxygens (including phenoxy) is 2. The Bertz CT molecular complexity index is 2100. The molecule has 2 aromatic carbocycles. The van der Waals surface area contributed by atoms with Gasteiger partial charge in [0.25, 0.3) is 0 Å². The van der Waals surface area contributed by atoms with Gasteiger partial charge in [-0.25, -0.2) is 0 Å². The van der Waals surface area contributed by atoms with Crippen molar-refractivity contribution in [2.45, 2.75) is 125 Å². The molecule has 3 saturated carbocycles. The minimum atomic E-state index is -1.18. The van der Waals surface area contributed by atoms with E-state index in [0.29, 0.717) is 30.3 Å². The van der Waals surface area contributed by atoms with Crippen molar-refractivity contribution in [3.8, 4) is 23.0 Å². The lowest BCUT2D eigenvalue weighted by molar-refractivity contribution is -0.163. The molecule has 9 heteroatoms. The molecule has 9 aliphatic rings. The highest BCUT2D eigenvalue weighted by atomic mass is 16.5. The lowest BCUT2D eigenvalue weighted by atomic mass is 9.52. The molecule has 2 saturated heterocycles. The van der Waals surface area contributed by atoms with E-state index in [0.717, 1.165) is 83.2 Å². The number of likely N-dealkylation sites (tertiary alicyclic amines) is 2. The molecular formula is C42H49N3O6. The molecule has 2 unspecified atom stereocenters. The Morgan fingerprint density at radius 1 is 0.765 bits per heavy atom. The van der Waals surface area contributed by atoms with Gasteiger partial charge in [-0.05, 0) is 112 Å². The monoisotopic (exact) mass is 691 g/mol. The minimum absolute atomic E-state index is 0.0286. The van der Waals surface area contributed by atoms with Crippen LogP contribution in [0.25, 0.3) is 0 Å². The summed E-state index contributed by atoms with van der Waals surface area (Å²) in [6, 6.07) is 7.57. The third-order valence-corrected chi connectivity index (χ3v) is 16.1. The molecule has 51 heavy (non-hydrogen) atoms. The average molecular weight is 692 g/mol. The molecule has 4 N–H and O–H groups in total. The van der Waals surface area contributed by atoms with E-state index in [9.17, 15) is 20.4 Å². The first-order chi connectivity index (χ1) is 24.4. The average Bonchev–Trinajstić information content (AvgIpc) is 4.06. The molecule has 10 atom stereocenters. The van der Waals surface area contributed by atoms with E-state index in [1.165, 1.54) is 25.7 Å². The van der Waals surface area contributed by atoms with Crippen molar-refractivity contribution in [1.29, 1.82) is 0 Å². The van der Waals surface area contributed by atoms with Gasteiger partial charge in [-0.3, -0.25) is 9.80 Å². The van der Waals surface area contributed by atoms with Crippen molar-refractivity contribution in [3.63, 3.8) is 0 Å². The molecule has 5 aliphatic carbocycles. The molecule has 5 heterocycles. The second kappa shape index (κ2) is 9.09. The van der Waals surface area contributed by atoms with Crippen molar-refractivity contribution >= 4 is 0 Å². The molecular weight excluding hydrogens is 642 g/mol. The highest BCUT2D eigenvalue weighted by Gasteiger charge is 2.82. The maximum absolute atomic E-state index is 13.7. The maximum Gasteiger partial charge on any atom is 0.166 e. The SMILES string of the molecule is Cc1ccc(O)c2c1[C@]13C[C@@H]4C(N4CC4CC4)[C@]1(O)Cc1c4c(n(C)c1[C@@H]3O2)[C@@H]1Oc2c(O)ccc(C)c2[C@@]12CCN(CC1CC1)[C@H](C)[C@]2(O)C4. The van der Waals surface area contributed by atoms with Crippen LogP contribution in [0.1, 0.15) is 102 Å². The number of aryl methyl sites for hydroxylation is 2. The van der Waals surface area contributed by atoms with Gasteiger partial charge in [0, 0.05) is 56.2 Å². The van der Waals surface area contributed by atoms with Crippen LogP contribution in [0.4, 0.5) is 0 Å². The highest BCUT2D eigenvalue weighted by Crippen LogP contribution is 2.75. The zero-order valence-electron chi connectivity index (χ0n) is 30.1. The first kappa shape index (κ1) is 30.2. The van der Waals surface area contributed by atoms with Crippen LogP contribution in [0, 0.1) is 25.7 Å². The number of hydrogen-bond acceptors (Lipinski definition) is 8. The summed E-state index contributed by atoms with van der Waals surface area (Å²) in [6.07, 6.45) is 6.46. The van der Waals surface area contributed by atoms with Gasteiger partial charge in [-0.15, -0.1) is 0 Å². The van der Waals surface area contributed by atoms with Crippen LogP contribution in [0.3, 0.4) is 0 Å². The zero-order valence-corrected chi connectivity index (χ0v) is 30.1. The van der Waals surface area contributed by atoms with Gasteiger partial charge >= 0.3 is 0 Å². The molecule has 0 bridgehead atoms.